The zero-order valence-corrected chi connectivity index (χ0v) is 12.9. The van der Waals surface area contributed by atoms with Gasteiger partial charge in [-0.2, -0.15) is 5.10 Å². The van der Waals surface area contributed by atoms with Crippen LogP contribution in [-0.4, -0.2) is 14.8 Å². The van der Waals surface area contributed by atoms with E-state index in [0.717, 1.165) is 17.4 Å². The Hall–Kier alpha value is -1.39. The number of rotatable bonds is 6. The summed E-state index contributed by atoms with van der Waals surface area (Å²) in [4.78, 5) is 4.32. The molecule has 20 heavy (non-hydrogen) atoms. The first-order valence-electron chi connectivity index (χ1n) is 6.91. The first-order valence-corrected chi connectivity index (χ1v) is 7.29. The second kappa shape index (κ2) is 6.86. The Morgan fingerprint density at radius 1 is 1.20 bits per heavy atom. The third-order valence-corrected chi connectivity index (χ3v) is 3.42. The summed E-state index contributed by atoms with van der Waals surface area (Å²) >= 11 is 5.90. The van der Waals surface area contributed by atoms with Crippen LogP contribution in [0.4, 0.5) is 0 Å². The van der Waals surface area contributed by atoms with E-state index in [9.17, 15) is 0 Å². The highest BCUT2D eigenvalue weighted by Crippen LogP contribution is 2.16. The SMILES string of the molecule is CC(C)Cn1ncnc1CN[C@H](C)c1ccc(Cl)cc1. The summed E-state index contributed by atoms with van der Waals surface area (Å²) in [5.74, 6) is 1.53. The molecule has 0 amide bonds. The molecule has 108 valence electrons. The number of halogens is 1. The van der Waals surface area contributed by atoms with Gasteiger partial charge in [0.25, 0.3) is 0 Å². The minimum absolute atomic E-state index is 0.247. The van der Waals surface area contributed by atoms with E-state index in [1.165, 1.54) is 5.56 Å². The quantitative estimate of drug-likeness (QED) is 0.887. The smallest absolute Gasteiger partial charge is 0.140 e. The van der Waals surface area contributed by atoms with Gasteiger partial charge in [0.2, 0.25) is 0 Å². The van der Waals surface area contributed by atoms with Crippen LogP contribution >= 0.6 is 11.6 Å². The predicted molar refractivity (Wildman–Crippen MR) is 81.6 cm³/mol. The lowest BCUT2D eigenvalue weighted by Crippen LogP contribution is -2.22. The van der Waals surface area contributed by atoms with Gasteiger partial charge in [0.15, 0.2) is 0 Å². The van der Waals surface area contributed by atoms with Crippen molar-refractivity contribution in [2.24, 2.45) is 5.92 Å². The van der Waals surface area contributed by atoms with E-state index in [1.54, 1.807) is 6.33 Å². The summed E-state index contributed by atoms with van der Waals surface area (Å²) in [5.41, 5.74) is 1.21. The van der Waals surface area contributed by atoms with Crippen molar-refractivity contribution in [1.29, 1.82) is 0 Å². The molecular formula is C15H21ClN4. The molecule has 1 aromatic carbocycles. The van der Waals surface area contributed by atoms with Crippen molar-refractivity contribution in [2.75, 3.05) is 0 Å². The number of nitrogens with zero attached hydrogens (tertiary/aromatic N) is 3. The Kier molecular flexibility index (Phi) is 5.15. The average molecular weight is 293 g/mol. The molecule has 1 N–H and O–H groups in total. The lowest BCUT2D eigenvalue weighted by Gasteiger charge is -2.15. The molecule has 0 saturated heterocycles. The zero-order chi connectivity index (χ0) is 14.5. The Morgan fingerprint density at radius 3 is 2.55 bits per heavy atom. The topological polar surface area (TPSA) is 42.7 Å². The molecule has 0 unspecified atom stereocenters. The van der Waals surface area contributed by atoms with Crippen LogP contribution in [0.5, 0.6) is 0 Å². The Bertz CT molecular complexity index is 533. The van der Waals surface area contributed by atoms with Crippen LogP contribution in [-0.2, 0) is 13.1 Å². The molecule has 0 aliphatic heterocycles. The minimum Gasteiger partial charge on any atom is -0.303 e. The summed E-state index contributed by atoms with van der Waals surface area (Å²) in [6, 6.07) is 8.15. The van der Waals surface area contributed by atoms with E-state index < -0.39 is 0 Å². The van der Waals surface area contributed by atoms with Crippen molar-refractivity contribution in [1.82, 2.24) is 20.1 Å². The molecule has 2 aromatic rings. The third-order valence-electron chi connectivity index (χ3n) is 3.17. The molecule has 1 heterocycles. The van der Waals surface area contributed by atoms with Gasteiger partial charge in [-0.15, -0.1) is 0 Å². The van der Waals surface area contributed by atoms with Gasteiger partial charge in [0, 0.05) is 17.6 Å². The lowest BCUT2D eigenvalue weighted by atomic mass is 10.1. The monoisotopic (exact) mass is 292 g/mol. The van der Waals surface area contributed by atoms with Gasteiger partial charge in [0.1, 0.15) is 12.2 Å². The van der Waals surface area contributed by atoms with Gasteiger partial charge in [0.05, 0.1) is 6.54 Å². The van der Waals surface area contributed by atoms with E-state index in [0.29, 0.717) is 12.5 Å². The van der Waals surface area contributed by atoms with Gasteiger partial charge in [-0.1, -0.05) is 37.6 Å². The Morgan fingerprint density at radius 2 is 1.90 bits per heavy atom. The van der Waals surface area contributed by atoms with E-state index in [2.05, 4.69) is 36.2 Å². The number of hydrogen-bond acceptors (Lipinski definition) is 3. The van der Waals surface area contributed by atoms with Crippen LogP contribution in [0.2, 0.25) is 5.02 Å². The molecule has 0 bridgehead atoms. The second-order valence-corrected chi connectivity index (χ2v) is 5.84. The maximum atomic E-state index is 5.90. The van der Waals surface area contributed by atoms with Crippen LogP contribution in [0.3, 0.4) is 0 Å². The van der Waals surface area contributed by atoms with Crippen molar-refractivity contribution in [3.05, 3.63) is 47.0 Å². The van der Waals surface area contributed by atoms with Crippen molar-refractivity contribution in [3.63, 3.8) is 0 Å². The van der Waals surface area contributed by atoms with Crippen LogP contribution in [0.25, 0.3) is 0 Å². The van der Waals surface area contributed by atoms with Gasteiger partial charge in [-0.05, 0) is 30.5 Å². The fourth-order valence-electron chi connectivity index (χ4n) is 2.04. The molecule has 0 aliphatic carbocycles. The fourth-order valence-corrected chi connectivity index (χ4v) is 2.16. The van der Waals surface area contributed by atoms with E-state index in [1.807, 2.05) is 28.9 Å². The first-order chi connectivity index (χ1) is 9.56. The van der Waals surface area contributed by atoms with Crippen molar-refractivity contribution < 1.29 is 0 Å². The Balaban J connectivity index is 1.95. The normalized spacial score (nSPS) is 12.8. The van der Waals surface area contributed by atoms with E-state index >= 15 is 0 Å². The second-order valence-electron chi connectivity index (χ2n) is 5.41. The average Bonchev–Trinajstić information content (AvgIpc) is 2.83. The molecule has 5 heteroatoms. The predicted octanol–water partition coefficient (Wildman–Crippen LogP) is 3.44. The molecule has 0 aliphatic rings. The molecule has 2 rings (SSSR count). The van der Waals surface area contributed by atoms with Crippen molar-refractivity contribution in [3.8, 4) is 0 Å². The van der Waals surface area contributed by atoms with Gasteiger partial charge in [-0.25, -0.2) is 9.67 Å². The summed E-state index contributed by atoms with van der Waals surface area (Å²) in [5, 5.41) is 8.50. The minimum atomic E-state index is 0.247. The van der Waals surface area contributed by atoms with Crippen molar-refractivity contribution in [2.45, 2.75) is 39.9 Å². The largest absolute Gasteiger partial charge is 0.303 e. The first kappa shape index (κ1) is 15.0. The molecule has 0 spiro atoms. The van der Waals surface area contributed by atoms with Gasteiger partial charge >= 0.3 is 0 Å². The maximum Gasteiger partial charge on any atom is 0.140 e. The lowest BCUT2D eigenvalue weighted by molar-refractivity contribution is 0.449. The maximum absolute atomic E-state index is 5.90. The third kappa shape index (κ3) is 4.05. The summed E-state index contributed by atoms with van der Waals surface area (Å²) in [6.07, 6.45) is 1.62. The van der Waals surface area contributed by atoms with Crippen LogP contribution in [0.15, 0.2) is 30.6 Å². The molecule has 0 saturated carbocycles. The Labute approximate surface area is 125 Å². The highest BCUT2D eigenvalue weighted by Gasteiger charge is 2.09. The fraction of sp³-hybridized carbons (Fsp3) is 0.467. The van der Waals surface area contributed by atoms with E-state index in [-0.39, 0.29) is 6.04 Å². The van der Waals surface area contributed by atoms with Crippen LogP contribution in [0.1, 0.15) is 38.2 Å². The van der Waals surface area contributed by atoms with Crippen LogP contribution < -0.4 is 5.32 Å². The summed E-state index contributed by atoms with van der Waals surface area (Å²) < 4.78 is 1.96. The highest BCUT2D eigenvalue weighted by molar-refractivity contribution is 6.30. The molecule has 0 radical (unpaired) electrons. The molecule has 1 aromatic heterocycles. The zero-order valence-electron chi connectivity index (χ0n) is 12.2. The number of hydrogen-bond donors (Lipinski definition) is 1. The van der Waals surface area contributed by atoms with E-state index in [4.69, 9.17) is 11.6 Å². The standard InChI is InChI=1S/C15H21ClN4/c1-11(2)9-20-15(18-10-19-20)8-17-12(3)13-4-6-14(16)7-5-13/h4-7,10-12,17H,8-9H2,1-3H3/t12-/m1/s1. The summed E-state index contributed by atoms with van der Waals surface area (Å²) in [6.45, 7) is 8.08. The number of aromatic nitrogens is 3. The number of benzene rings is 1. The number of nitrogens with one attached hydrogen (secondary N) is 1. The van der Waals surface area contributed by atoms with Gasteiger partial charge in [-0.3, -0.25) is 0 Å². The molecular weight excluding hydrogens is 272 g/mol. The molecule has 1 atom stereocenters. The van der Waals surface area contributed by atoms with Crippen molar-refractivity contribution >= 4 is 11.6 Å². The highest BCUT2D eigenvalue weighted by atomic mass is 35.5. The van der Waals surface area contributed by atoms with Crippen LogP contribution in [0, 0.1) is 5.92 Å². The summed E-state index contributed by atoms with van der Waals surface area (Å²) in [7, 11) is 0. The molecule has 0 fully saturated rings. The van der Waals surface area contributed by atoms with Gasteiger partial charge < -0.3 is 5.32 Å². The molecule has 4 nitrogen and oxygen atoms in total.